The van der Waals surface area contributed by atoms with Gasteiger partial charge in [-0.2, -0.15) is 0 Å². The van der Waals surface area contributed by atoms with E-state index >= 15 is 0 Å². The second kappa shape index (κ2) is 7.35. The van der Waals surface area contributed by atoms with Crippen LogP contribution in [0.5, 0.6) is 0 Å². The van der Waals surface area contributed by atoms with Gasteiger partial charge in [0.1, 0.15) is 5.82 Å². The molecule has 2 rings (SSSR count). The molecule has 22 heavy (non-hydrogen) atoms. The number of hydrogen-bond donors (Lipinski definition) is 2. The van der Waals surface area contributed by atoms with E-state index in [4.69, 9.17) is 5.73 Å². The average Bonchev–Trinajstić information content (AvgIpc) is 2.49. The van der Waals surface area contributed by atoms with Crippen LogP contribution in [0.2, 0.25) is 0 Å². The van der Waals surface area contributed by atoms with Gasteiger partial charge in [0.25, 0.3) is 0 Å². The number of nitrogens with zero attached hydrogens (tertiary/aromatic N) is 1. The van der Waals surface area contributed by atoms with Crippen molar-refractivity contribution in [3.8, 4) is 0 Å². The zero-order valence-corrected chi connectivity index (χ0v) is 12.7. The number of rotatable bonds is 4. The highest BCUT2D eigenvalue weighted by Crippen LogP contribution is 2.23. The number of hydrogen-bond acceptors (Lipinski definition) is 3. The number of halogens is 1. The van der Waals surface area contributed by atoms with Crippen LogP contribution in [0.1, 0.15) is 25.3 Å². The van der Waals surface area contributed by atoms with Gasteiger partial charge in [-0.3, -0.25) is 15.0 Å². The van der Waals surface area contributed by atoms with Crippen LogP contribution in [0, 0.1) is 11.7 Å². The maximum absolute atomic E-state index is 12.9. The number of benzene rings is 1. The number of piperidine rings is 1. The zero-order chi connectivity index (χ0) is 16.1. The number of carbonyl (C=O) groups excluding carboxylic acids is 2. The molecule has 0 aliphatic carbocycles. The number of carbonyl (C=O) groups is 2. The molecule has 1 aliphatic heterocycles. The van der Waals surface area contributed by atoms with Gasteiger partial charge in [0.05, 0.1) is 6.04 Å². The molecule has 1 aromatic carbocycles. The quantitative estimate of drug-likeness (QED) is 0.888. The fourth-order valence-corrected chi connectivity index (χ4v) is 2.89. The van der Waals surface area contributed by atoms with Crippen LogP contribution in [0.15, 0.2) is 24.3 Å². The summed E-state index contributed by atoms with van der Waals surface area (Å²) in [6.07, 6.45) is 2.88. The van der Waals surface area contributed by atoms with Crippen molar-refractivity contribution in [3.05, 3.63) is 35.6 Å². The summed E-state index contributed by atoms with van der Waals surface area (Å²) in [5.74, 6) is -0.0366. The van der Waals surface area contributed by atoms with Gasteiger partial charge in [-0.25, -0.2) is 9.18 Å². The van der Waals surface area contributed by atoms with E-state index in [1.165, 1.54) is 12.1 Å². The topological polar surface area (TPSA) is 75.4 Å². The van der Waals surface area contributed by atoms with Crippen molar-refractivity contribution in [1.29, 1.82) is 0 Å². The molecule has 0 saturated carbocycles. The molecule has 1 aromatic rings. The zero-order valence-electron chi connectivity index (χ0n) is 12.7. The highest BCUT2D eigenvalue weighted by atomic mass is 19.1. The SMILES string of the molecule is CC(C(=O)NC(N)=O)N1CCC(Cc2ccc(F)cc2)CC1. The predicted molar refractivity (Wildman–Crippen MR) is 81.6 cm³/mol. The largest absolute Gasteiger partial charge is 0.351 e. The minimum absolute atomic E-state index is 0.215. The first-order chi connectivity index (χ1) is 10.5. The van der Waals surface area contributed by atoms with E-state index in [0.717, 1.165) is 37.9 Å². The summed E-state index contributed by atoms with van der Waals surface area (Å²) in [6, 6.07) is 5.44. The molecule has 5 nitrogen and oxygen atoms in total. The molecule has 120 valence electrons. The van der Waals surface area contributed by atoms with E-state index in [-0.39, 0.29) is 17.8 Å². The second-order valence-electron chi connectivity index (χ2n) is 5.84. The molecule has 1 saturated heterocycles. The Kier molecular flexibility index (Phi) is 5.49. The number of primary amides is 1. The Morgan fingerprint density at radius 2 is 1.91 bits per heavy atom. The molecule has 3 N–H and O–H groups in total. The molecule has 3 amide bonds. The van der Waals surface area contributed by atoms with E-state index in [9.17, 15) is 14.0 Å². The lowest BCUT2D eigenvalue weighted by Gasteiger charge is -2.35. The van der Waals surface area contributed by atoms with Gasteiger partial charge in [0, 0.05) is 0 Å². The molecule has 0 radical (unpaired) electrons. The monoisotopic (exact) mass is 307 g/mol. The Morgan fingerprint density at radius 3 is 2.45 bits per heavy atom. The Bertz CT molecular complexity index is 525. The molecule has 1 atom stereocenters. The summed E-state index contributed by atoms with van der Waals surface area (Å²) in [6.45, 7) is 3.39. The van der Waals surface area contributed by atoms with Crippen LogP contribution < -0.4 is 11.1 Å². The molecule has 0 aromatic heterocycles. The third kappa shape index (κ3) is 4.53. The van der Waals surface area contributed by atoms with Crippen molar-refractivity contribution in [2.24, 2.45) is 11.7 Å². The lowest BCUT2D eigenvalue weighted by atomic mass is 9.89. The predicted octanol–water partition coefficient (Wildman–Crippen LogP) is 1.66. The summed E-state index contributed by atoms with van der Waals surface area (Å²) in [4.78, 5) is 24.5. The van der Waals surface area contributed by atoms with Crippen LogP contribution in [0.3, 0.4) is 0 Å². The number of nitrogens with one attached hydrogen (secondary N) is 1. The number of likely N-dealkylation sites (tertiary alicyclic amines) is 1. The van der Waals surface area contributed by atoms with E-state index in [1.54, 1.807) is 6.92 Å². The third-order valence-corrected chi connectivity index (χ3v) is 4.26. The molecule has 0 bridgehead atoms. The van der Waals surface area contributed by atoms with E-state index in [0.29, 0.717) is 5.92 Å². The fourth-order valence-electron chi connectivity index (χ4n) is 2.89. The van der Waals surface area contributed by atoms with E-state index in [1.807, 2.05) is 12.1 Å². The van der Waals surface area contributed by atoms with Gasteiger partial charge in [-0.05, 0) is 62.9 Å². The first kappa shape index (κ1) is 16.4. The summed E-state index contributed by atoms with van der Waals surface area (Å²) >= 11 is 0. The van der Waals surface area contributed by atoms with Crippen LogP contribution in [0.25, 0.3) is 0 Å². The van der Waals surface area contributed by atoms with Gasteiger partial charge < -0.3 is 5.73 Å². The lowest BCUT2D eigenvalue weighted by molar-refractivity contribution is -0.125. The molecular weight excluding hydrogens is 285 g/mol. The fraction of sp³-hybridized carbons (Fsp3) is 0.500. The van der Waals surface area contributed by atoms with Gasteiger partial charge in [-0.15, -0.1) is 0 Å². The van der Waals surface area contributed by atoms with Gasteiger partial charge in [0.2, 0.25) is 5.91 Å². The van der Waals surface area contributed by atoms with E-state index < -0.39 is 6.03 Å². The number of nitrogens with two attached hydrogens (primary N) is 1. The van der Waals surface area contributed by atoms with Crippen molar-refractivity contribution in [1.82, 2.24) is 10.2 Å². The summed E-state index contributed by atoms with van der Waals surface area (Å²) < 4.78 is 12.9. The van der Waals surface area contributed by atoms with Crippen molar-refractivity contribution in [3.63, 3.8) is 0 Å². The van der Waals surface area contributed by atoms with Crippen LogP contribution in [-0.4, -0.2) is 36.0 Å². The van der Waals surface area contributed by atoms with Crippen molar-refractivity contribution in [2.75, 3.05) is 13.1 Å². The van der Waals surface area contributed by atoms with Gasteiger partial charge in [-0.1, -0.05) is 12.1 Å². The van der Waals surface area contributed by atoms with Crippen molar-refractivity contribution >= 4 is 11.9 Å². The van der Waals surface area contributed by atoms with E-state index in [2.05, 4.69) is 10.2 Å². The third-order valence-electron chi connectivity index (χ3n) is 4.26. The first-order valence-corrected chi connectivity index (χ1v) is 7.54. The lowest BCUT2D eigenvalue weighted by Crippen LogP contribution is -2.50. The summed E-state index contributed by atoms with van der Waals surface area (Å²) in [5, 5.41) is 2.12. The minimum Gasteiger partial charge on any atom is -0.351 e. The highest BCUT2D eigenvalue weighted by molar-refractivity contribution is 5.96. The van der Waals surface area contributed by atoms with Gasteiger partial charge in [0.15, 0.2) is 0 Å². The molecule has 1 heterocycles. The molecule has 0 spiro atoms. The average molecular weight is 307 g/mol. The molecule has 1 aliphatic rings. The number of amides is 3. The van der Waals surface area contributed by atoms with Crippen LogP contribution >= 0.6 is 0 Å². The van der Waals surface area contributed by atoms with Crippen molar-refractivity contribution in [2.45, 2.75) is 32.2 Å². The second-order valence-corrected chi connectivity index (χ2v) is 5.84. The highest BCUT2D eigenvalue weighted by Gasteiger charge is 2.27. The Labute approximate surface area is 129 Å². The number of imide groups is 1. The van der Waals surface area contributed by atoms with Gasteiger partial charge >= 0.3 is 6.03 Å². The Hall–Kier alpha value is -1.95. The first-order valence-electron chi connectivity index (χ1n) is 7.54. The normalized spacial score (nSPS) is 17.9. The number of urea groups is 1. The Morgan fingerprint density at radius 1 is 1.32 bits per heavy atom. The standard InChI is InChI=1S/C16H22FN3O2/c1-11(15(21)19-16(18)22)20-8-6-13(7-9-20)10-12-2-4-14(17)5-3-12/h2-5,11,13H,6-10H2,1H3,(H3,18,19,21,22). The maximum atomic E-state index is 12.9. The molecule has 1 unspecified atom stereocenters. The van der Waals surface area contributed by atoms with Crippen LogP contribution in [-0.2, 0) is 11.2 Å². The smallest absolute Gasteiger partial charge is 0.318 e. The minimum atomic E-state index is -0.817. The molecule has 6 heteroatoms. The molecule has 1 fully saturated rings. The van der Waals surface area contributed by atoms with Crippen molar-refractivity contribution < 1.29 is 14.0 Å². The molecular formula is C16H22FN3O2. The Balaban J connectivity index is 1.81. The van der Waals surface area contributed by atoms with Crippen LogP contribution in [0.4, 0.5) is 9.18 Å². The summed E-state index contributed by atoms with van der Waals surface area (Å²) in [5.41, 5.74) is 6.10. The summed E-state index contributed by atoms with van der Waals surface area (Å²) in [7, 11) is 0. The maximum Gasteiger partial charge on any atom is 0.318 e.